The zero-order valence-electron chi connectivity index (χ0n) is 12.4. The molecule has 2 aromatic rings. The highest BCUT2D eigenvalue weighted by Crippen LogP contribution is 2.23. The summed E-state index contributed by atoms with van der Waals surface area (Å²) >= 11 is 0. The average molecular weight is 309 g/mol. The van der Waals surface area contributed by atoms with Crippen molar-refractivity contribution < 1.29 is 12.9 Å². The van der Waals surface area contributed by atoms with Crippen molar-refractivity contribution in [3.63, 3.8) is 0 Å². The van der Waals surface area contributed by atoms with Crippen molar-refractivity contribution in [2.24, 2.45) is 0 Å². The second-order valence-corrected chi connectivity index (χ2v) is 6.60. The molecule has 0 aromatic carbocycles. The van der Waals surface area contributed by atoms with E-state index in [-0.39, 0.29) is 4.90 Å². The second-order valence-electron chi connectivity index (χ2n) is 4.72. The van der Waals surface area contributed by atoms with E-state index in [1.165, 1.54) is 4.31 Å². The molecular formula is C14H19N3O3S. The molecule has 6 nitrogen and oxygen atoms in total. The normalized spacial score (nSPS) is 12.0. The number of likely N-dealkylation sites (N-methyl/N-ethyl adjacent to an activating group) is 1. The molecule has 2 rings (SSSR count). The Hall–Kier alpha value is -1.73. The lowest BCUT2D eigenvalue weighted by Gasteiger charge is -2.20. The summed E-state index contributed by atoms with van der Waals surface area (Å²) in [5.74, 6) is 0.323. The fraction of sp³-hybridized carbons (Fsp3) is 0.429. The van der Waals surface area contributed by atoms with E-state index in [1.807, 2.05) is 25.1 Å². The maximum Gasteiger partial charge on any atom is 0.248 e. The first kappa shape index (κ1) is 15.7. The minimum absolute atomic E-state index is 0.172. The first-order valence-electron chi connectivity index (χ1n) is 6.79. The van der Waals surface area contributed by atoms with Gasteiger partial charge in [0.1, 0.15) is 10.6 Å². The molecule has 0 aliphatic heterocycles. The molecule has 7 heteroatoms. The van der Waals surface area contributed by atoms with Crippen molar-refractivity contribution in [1.29, 1.82) is 0 Å². The van der Waals surface area contributed by atoms with E-state index in [0.29, 0.717) is 31.0 Å². The molecule has 0 bridgehead atoms. The van der Waals surface area contributed by atoms with Crippen LogP contribution in [-0.4, -0.2) is 36.0 Å². The smallest absolute Gasteiger partial charge is 0.248 e. The second kappa shape index (κ2) is 6.36. The molecule has 0 spiro atoms. The Kier molecular flexibility index (Phi) is 4.74. The highest BCUT2D eigenvalue weighted by Gasteiger charge is 2.29. The third-order valence-electron chi connectivity index (χ3n) is 3.26. The third-order valence-corrected chi connectivity index (χ3v) is 5.48. The number of sulfonamides is 1. The zero-order valence-corrected chi connectivity index (χ0v) is 13.2. The minimum atomic E-state index is -3.59. The molecule has 0 saturated carbocycles. The largest absolute Gasteiger partial charge is 0.360 e. The fourth-order valence-corrected chi connectivity index (χ4v) is 3.95. The van der Waals surface area contributed by atoms with Crippen LogP contribution in [0.5, 0.6) is 0 Å². The van der Waals surface area contributed by atoms with E-state index in [9.17, 15) is 8.42 Å². The van der Waals surface area contributed by atoms with Crippen LogP contribution in [0.3, 0.4) is 0 Å². The van der Waals surface area contributed by atoms with Gasteiger partial charge in [0.15, 0.2) is 5.76 Å². The number of nitrogens with zero attached hydrogens (tertiary/aromatic N) is 3. The van der Waals surface area contributed by atoms with Gasteiger partial charge in [-0.25, -0.2) is 8.42 Å². The van der Waals surface area contributed by atoms with Gasteiger partial charge in [0.2, 0.25) is 10.0 Å². The van der Waals surface area contributed by atoms with Crippen LogP contribution in [0.2, 0.25) is 0 Å². The van der Waals surface area contributed by atoms with E-state index in [2.05, 4.69) is 10.1 Å². The molecule has 0 aliphatic carbocycles. The number of aryl methyl sites for hydroxylation is 2. The summed E-state index contributed by atoms with van der Waals surface area (Å²) in [5, 5.41) is 3.72. The van der Waals surface area contributed by atoms with Gasteiger partial charge in [-0.05, 0) is 26.0 Å². The summed E-state index contributed by atoms with van der Waals surface area (Å²) < 4.78 is 31.8. The minimum Gasteiger partial charge on any atom is -0.360 e. The molecule has 0 radical (unpaired) electrons. The van der Waals surface area contributed by atoms with E-state index in [0.717, 1.165) is 5.69 Å². The van der Waals surface area contributed by atoms with Gasteiger partial charge in [-0.1, -0.05) is 18.1 Å². The quantitative estimate of drug-likeness (QED) is 0.815. The van der Waals surface area contributed by atoms with Gasteiger partial charge in [-0.15, -0.1) is 0 Å². The summed E-state index contributed by atoms with van der Waals surface area (Å²) in [6.07, 6.45) is 2.27. The first-order chi connectivity index (χ1) is 9.96. The van der Waals surface area contributed by atoms with Gasteiger partial charge < -0.3 is 4.52 Å². The number of pyridine rings is 1. The van der Waals surface area contributed by atoms with E-state index >= 15 is 0 Å². The summed E-state index contributed by atoms with van der Waals surface area (Å²) in [6, 6.07) is 5.61. The number of hydrogen-bond donors (Lipinski definition) is 0. The highest BCUT2D eigenvalue weighted by atomic mass is 32.2. The number of aromatic nitrogens is 2. The summed E-state index contributed by atoms with van der Waals surface area (Å²) in [7, 11) is -3.59. The molecule has 0 fully saturated rings. The number of rotatable bonds is 6. The molecule has 2 heterocycles. The van der Waals surface area contributed by atoms with Crippen molar-refractivity contribution in [1.82, 2.24) is 14.4 Å². The number of hydrogen-bond acceptors (Lipinski definition) is 5. The highest BCUT2D eigenvalue weighted by molar-refractivity contribution is 7.89. The van der Waals surface area contributed by atoms with Gasteiger partial charge in [0.25, 0.3) is 0 Å². The Labute approximate surface area is 124 Å². The van der Waals surface area contributed by atoms with Gasteiger partial charge >= 0.3 is 0 Å². The Bertz CT molecular complexity index is 676. The molecule has 0 saturated heterocycles. The standard InChI is InChI=1S/C14H19N3O3S/c1-4-17(10-8-13-7-5-6-9-15-13)21(18,19)14-11(2)16-20-12(14)3/h5-7,9H,4,8,10H2,1-3H3. The molecule has 0 N–H and O–H groups in total. The van der Waals surface area contributed by atoms with Crippen molar-refractivity contribution in [3.8, 4) is 0 Å². The Balaban J connectivity index is 2.21. The zero-order chi connectivity index (χ0) is 15.5. The van der Waals surface area contributed by atoms with Crippen molar-refractivity contribution >= 4 is 10.0 Å². The van der Waals surface area contributed by atoms with E-state index in [4.69, 9.17) is 4.52 Å². The lowest BCUT2D eigenvalue weighted by molar-refractivity contribution is 0.388. The van der Waals surface area contributed by atoms with Gasteiger partial charge in [0.05, 0.1) is 0 Å². The van der Waals surface area contributed by atoms with Crippen LogP contribution in [0.4, 0.5) is 0 Å². The van der Waals surface area contributed by atoms with Crippen LogP contribution in [0.1, 0.15) is 24.1 Å². The Morgan fingerprint density at radius 1 is 1.29 bits per heavy atom. The van der Waals surface area contributed by atoms with Crippen molar-refractivity contribution in [3.05, 3.63) is 41.5 Å². The maximum atomic E-state index is 12.7. The van der Waals surface area contributed by atoms with Crippen LogP contribution in [0.15, 0.2) is 33.8 Å². The van der Waals surface area contributed by atoms with Crippen LogP contribution in [-0.2, 0) is 16.4 Å². The van der Waals surface area contributed by atoms with Crippen LogP contribution < -0.4 is 0 Å². The van der Waals surface area contributed by atoms with Crippen LogP contribution in [0.25, 0.3) is 0 Å². The Morgan fingerprint density at radius 3 is 2.57 bits per heavy atom. The Morgan fingerprint density at radius 2 is 2.05 bits per heavy atom. The molecular weight excluding hydrogens is 290 g/mol. The first-order valence-corrected chi connectivity index (χ1v) is 8.23. The molecule has 21 heavy (non-hydrogen) atoms. The topological polar surface area (TPSA) is 76.3 Å². The van der Waals surface area contributed by atoms with Gasteiger partial charge in [-0.3, -0.25) is 4.98 Å². The van der Waals surface area contributed by atoms with Crippen molar-refractivity contribution in [2.75, 3.05) is 13.1 Å². The molecule has 0 amide bonds. The molecule has 0 unspecified atom stereocenters. The monoisotopic (exact) mass is 309 g/mol. The van der Waals surface area contributed by atoms with E-state index < -0.39 is 10.0 Å². The van der Waals surface area contributed by atoms with Crippen LogP contribution in [0, 0.1) is 13.8 Å². The molecule has 0 atom stereocenters. The van der Waals surface area contributed by atoms with Crippen molar-refractivity contribution in [2.45, 2.75) is 32.1 Å². The lowest BCUT2D eigenvalue weighted by Crippen LogP contribution is -2.33. The summed E-state index contributed by atoms with van der Waals surface area (Å²) in [6.45, 7) is 5.82. The third kappa shape index (κ3) is 3.30. The maximum absolute atomic E-state index is 12.7. The summed E-state index contributed by atoms with van der Waals surface area (Å²) in [4.78, 5) is 4.38. The van der Waals surface area contributed by atoms with Gasteiger partial charge in [0, 0.05) is 31.4 Å². The van der Waals surface area contributed by atoms with Gasteiger partial charge in [-0.2, -0.15) is 4.31 Å². The predicted molar refractivity (Wildman–Crippen MR) is 78.4 cm³/mol. The average Bonchev–Trinajstić information content (AvgIpc) is 2.80. The molecule has 2 aromatic heterocycles. The fourth-order valence-electron chi connectivity index (χ4n) is 2.21. The SMILES string of the molecule is CCN(CCc1ccccn1)S(=O)(=O)c1c(C)noc1C. The lowest BCUT2D eigenvalue weighted by atomic mass is 10.3. The van der Waals surface area contributed by atoms with E-state index in [1.54, 1.807) is 20.0 Å². The molecule has 114 valence electrons. The van der Waals surface area contributed by atoms with Crippen LogP contribution >= 0.6 is 0 Å². The molecule has 0 aliphatic rings. The predicted octanol–water partition coefficient (Wildman–Crippen LogP) is 1.94. The summed E-state index contributed by atoms with van der Waals surface area (Å²) in [5.41, 5.74) is 1.26.